The Balaban J connectivity index is 1.24. The van der Waals surface area contributed by atoms with Crippen LogP contribution >= 0.6 is 0 Å². The maximum atomic E-state index is 13.5. The van der Waals surface area contributed by atoms with E-state index in [1.54, 1.807) is 4.90 Å². The van der Waals surface area contributed by atoms with Crippen molar-refractivity contribution in [3.63, 3.8) is 0 Å². The Labute approximate surface area is 199 Å². The van der Waals surface area contributed by atoms with E-state index in [-0.39, 0.29) is 36.7 Å². The summed E-state index contributed by atoms with van der Waals surface area (Å²) in [5.41, 5.74) is 3.49. The van der Waals surface area contributed by atoms with Crippen LogP contribution in [-0.4, -0.2) is 54.0 Å². The van der Waals surface area contributed by atoms with Gasteiger partial charge in [-0.1, -0.05) is 18.7 Å². The number of halogens is 2. The molecule has 2 N–H and O–H groups in total. The van der Waals surface area contributed by atoms with Crippen molar-refractivity contribution in [2.45, 2.75) is 82.0 Å². The molecule has 1 saturated carbocycles. The molecule has 0 aromatic heterocycles. The van der Waals surface area contributed by atoms with Gasteiger partial charge in [0.2, 0.25) is 11.8 Å². The molecule has 3 heterocycles. The molecule has 34 heavy (non-hydrogen) atoms. The Hall–Kier alpha value is -2.32. The van der Waals surface area contributed by atoms with Crippen molar-refractivity contribution in [3.05, 3.63) is 47.2 Å². The molecule has 1 aromatic carbocycles. The lowest BCUT2D eigenvalue weighted by molar-refractivity contribution is -0.126. The maximum Gasteiger partial charge on any atom is 0.255 e. The quantitative estimate of drug-likeness (QED) is 0.686. The van der Waals surface area contributed by atoms with E-state index in [1.165, 1.54) is 0 Å². The molecule has 5 rings (SSSR count). The lowest BCUT2D eigenvalue weighted by Gasteiger charge is -2.37. The second kappa shape index (κ2) is 9.38. The zero-order valence-electron chi connectivity index (χ0n) is 19.5. The van der Waals surface area contributed by atoms with Gasteiger partial charge >= 0.3 is 0 Å². The number of carbonyl (C=O) groups is 2. The van der Waals surface area contributed by atoms with Crippen LogP contribution in [0.15, 0.2) is 30.5 Å². The predicted octanol–water partition coefficient (Wildman–Crippen LogP) is 3.55. The highest BCUT2D eigenvalue weighted by Gasteiger charge is 2.39. The largest absolute Gasteiger partial charge is 0.380 e. The van der Waals surface area contributed by atoms with Crippen molar-refractivity contribution < 1.29 is 23.1 Å². The number of fused-ring (bicyclic) bond motifs is 1. The standard InChI is InChI=1S/C26H33F2N3O3/c1-16-2-5-23(24(32)29-16)31-14-19-13-17(3-4-21(19)25(31)33)12-18-8-11-34-15-22(18)30-20-6-9-26(27,28)10-7-20/h3-4,13,18,20,22-23,30H,1-2,5-12,14-15H2,(H,29,32)/t18-,22+,23?/m1/s1. The van der Waals surface area contributed by atoms with Gasteiger partial charge in [-0.05, 0) is 61.6 Å². The topological polar surface area (TPSA) is 70.7 Å². The van der Waals surface area contributed by atoms with Crippen LogP contribution in [0.2, 0.25) is 0 Å². The number of hydrogen-bond donors (Lipinski definition) is 2. The van der Waals surface area contributed by atoms with E-state index in [4.69, 9.17) is 4.74 Å². The third kappa shape index (κ3) is 4.89. The van der Waals surface area contributed by atoms with Gasteiger partial charge in [0.15, 0.2) is 0 Å². The zero-order chi connectivity index (χ0) is 23.9. The van der Waals surface area contributed by atoms with Crippen molar-refractivity contribution in [1.29, 1.82) is 0 Å². The van der Waals surface area contributed by atoms with Gasteiger partial charge in [0.05, 0.1) is 6.61 Å². The van der Waals surface area contributed by atoms with Crippen molar-refractivity contribution in [1.82, 2.24) is 15.5 Å². The Morgan fingerprint density at radius 1 is 1.18 bits per heavy atom. The minimum atomic E-state index is -2.53. The molecule has 3 atom stereocenters. The van der Waals surface area contributed by atoms with Gasteiger partial charge in [0.1, 0.15) is 6.04 Å². The summed E-state index contributed by atoms with van der Waals surface area (Å²) in [4.78, 5) is 27.1. The molecule has 184 valence electrons. The molecule has 2 amide bonds. The van der Waals surface area contributed by atoms with E-state index in [1.807, 2.05) is 12.1 Å². The number of amides is 2. The molecule has 0 bridgehead atoms. The van der Waals surface area contributed by atoms with Gasteiger partial charge < -0.3 is 20.3 Å². The minimum Gasteiger partial charge on any atom is -0.380 e. The summed E-state index contributed by atoms with van der Waals surface area (Å²) in [5, 5.41) is 6.39. The molecule has 0 radical (unpaired) electrons. The highest BCUT2D eigenvalue weighted by Crippen LogP contribution is 2.34. The van der Waals surface area contributed by atoms with Crippen molar-refractivity contribution in [3.8, 4) is 0 Å². The highest BCUT2D eigenvalue weighted by molar-refractivity contribution is 6.01. The average Bonchev–Trinajstić information content (AvgIpc) is 3.12. The number of piperidine rings is 1. The Morgan fingerprint density at radius 2 is 1.97 bits per heavy atom. The van der Waals surface area contributed by atoms with Gasteiger partial charge in [-0.15, -0.1) is 0 Å². The molecule has 4 aliphatic rings. The number of nitrogens with one attached hydrogen (secondary N) is 2. The van der Waals surface area contributed by atoms with Gasteiger partial charge in [-0.2, -0.15) is 0 Å². The fourth-order valence-corrected chi connectivity index (χ4v) is 5.86. The second-order valence-corrected chi connectivity index (χ2v) is 10.3. The van der Waals surface area contributed by atoms with Gasteiger partial charge in [-0.3, -0.25) is 9.59 Å². The normalized spacial score (nSPS) is 29.8. The van der Waals surface area contributed by atoms with Crippen LogP contribution in [0.3, 0.4) is 0 Å². The predicted molar refractivity (Wildman–Crippen MR) is 123 cm³/mol. The van der Waals surface area contributed by atoms with E-state index in [0.717, 1.165) is 24.0 Å². The van der Waals surface area contributed by atoms with Crippen LogP contribution in [0.4, 0.5) is 8.78 Å². The lowest BCUT2D eigenvalue weighted by Crippen LogP contribution is -2.50. The summed E-state index contributed by atoms with van der Waals surface area (Å²) in [6, 6.07) is 5.78. The van der Waals surface area contributed by atoms with Crippen molar-refractivity contribution in [2.24, 2.45) is 5.92 Å². The van der Waals surface area contributed by atoms with Crippen LogP contribution < -0.4 is 10.6 Å². The third-order valence-electron chi connectivity index (χ3n) is 7.86. The lowest BCUT2D eigenvalue weighted by atomic mass is 9.85. The number of nitrogens with zero attached hydrogens (tertiary/aromatic N) is 1. The monoisotopic (exact) mass is 473 g/mol. The summed E-state index contributed by atoms with van der Waals surface area (Å²) >= 11 is 0. The molecule has 8 heteroatoms. The van der Waals surface area contributed by atoms with E-state index in [9.17, 15) is 18.4 Å². The average molecular weight is 474 g/mol. The van der Waals surface area contributed by atoms with E-state index in [0.29, 0.717) is 62.6 Å². The SMILES string of the molecule is C=C1CCC(N2Cc3cc(C[C@H]4CCOC[C@@H]4NC4CCC(F)(F)CC4)ccc3C2=O)C(=O)N1. The number of ether oxygens (including phenoxy) is 1. The van der Waals surface area contributed by atoms with E-state index in [2.05, 4.69) is 23.3 Å². The third-order valence-corrected chi connectivity index (χ3v) is 7.86. The Morgan fingerprint density at radius 3 is 2.74 bits per heavy atom. The second-order valence-electron chi connectivity index (χ2n) is 10.3. The molecule has 1 aromatic rings. The fraction of sp³-hybridized carbons (Fsp3) is 0.615. The molecular formula is C26H33F2N3O3. The zero-order valence-corrected chi connectivity index (χ0v) is 19.5. The molecule has 1 aliphatic carbocycles. The van der Waals surface area contributed by atoms with Crippen LogP contribution in [0.1, 0.15) is 66.4 Å². The number of hydrogen-bond acceptors (Lipinski definition) is 4. The van der Waals surface area contributed by atoms with E-state index < -0.39 is 12.0 Å². The Kier molecular flexibility index (Phi) is 6.46. The first kappa shape index (κ1) is 23.4. The molecule has 6 nitrogen and oxygen atoms in total. The molecule has 2 saturated heterocycles. The summed E-state index contributed by atoms with van der Waals surface area (Å²) in [5.74, 6) is -2.43. The molecule has 1 unspecified atom stereocenters. The van der Waals surface area contributed by atoms with Crippen LogP contribution in [0.5, 0.6) is 0 Å². The number of carbonyl (C=O) groups excluding carboxylic acids is 2. The summed E-state index contributed by atoms with van der Waals surface area (Å²) in [7, 11) is 0. The number of benzene rings is 1. The first-order valence-electron chi connectivity index (χ1n) is 12.4. The molecule has 3 fully saturated rings. The van der Waals surface area contributed by atoms with Gasteiger partial charge in [0, 0.05) is 49.3 Å². The smallest absolute Gasteiger partial charge is 0.255 e. The van der Waals surface area contributed by atoms with Crippen LogP contribution in [0, 0.1) is 5.92 Å². The highest BCUT2D eigenvalue weighted by atomic mass is 19.3. The Bertz CT molecular complexity index is 972. The summed E-state index contributed by atoms with van der Waals surface area (Å²) in [6.07, 6.45) is 3.92. The molecule has 3 aliphatic heterocycles. The van der Waals surface area contributed by atoms with Crippen molar-refractivity contribution >= 4 is 11.8 Å². The fourth-order valence-electron chi connectivity index (χ4n) is 5.86. The van der Waals surface area contributed by atoms with Gasteiger partial charge in [-0.25, -0.2) is 8.78 Å². The minimum absolute atomic E-state index is 0.0502. The maximum absolute atomic E-state index is 13.5. The molecular weight excluding hydrogens is 440 g/mol. The first-order valence-corrected chi connectivity index (χ1v) is 12.4. The van der Waals surface area contributed by atoms with Crippen LogP contribution in [-0.2, 0) is 22.5 Å². The summed E-state index contributed by atoms with van der Waals surface area (Å²) in [6.45, 7) is 5.55. The number of alkyl halides is 2. The van der Waals surface area contributed by atoms with E-state index >= 15 is 0 Å². The van der Waals surface area contributed by atoms with Crippen molar-refractivity contribution in [2.75, 3.05) is 13.2 Å². The first-order chi connectivity index (χ1) is 16.3. The number of allylic oxidation sites excluding steroid dienone is 1. The number of rotatable bonds is 5. The summed E-state index contributed by atoms with van der Waals surface area (Å²) < 4.78 is 32.8. The van der Waals surface area contributed by atoms with Gasteiger partial charge in [0.25, 0.3) is 5.91 Å². The van der Waals surface area contributed by atoms with Crippen LogP contribution in [0.25, 0.3) is 0 Å². The molecule has 0 spiro atoms.